The summed E-state index contributed by atoms with van der Waals surface area (Å²) in [6, 6.07) is 5.18. The summed E-state index contributed by atoms with van der Waals surface area (Å²) in [6.07, 6.45) is -1.90. The lowest BCUT2D eigenvalue weighted by atomic mass is 9.88. The molecule has 0 radical (unpaired) electrons. The molecule has 2 atom stereocenters. The molecule has 0 unspecified atom stereocenters. The van der Waals surface area contributed by atoms with Gasteiger partial charge in [0.05, 0.1) is 7.11 Å². The van der Waals surface area contributed by atoms with Crippen molar-refractivity contribution < 1.29 is 19.7 Å². The van der Waals surface area contributed by atoms with Gasteiger partial charge in [0.1, 0.15) is 29.3 Å². The van der Waals surface area contributed by atoms with Crippen LogP contribution in [0.1, 0.15) is 25.5 Å². The Bertz CT molecular complexity index is 400. The second kappa shape index (κ2) is 3.64. The highest BCUT2D eigenvalue weighted by Crippen LogP contribution is 2.41. The average Bonchev–Trinajstić information content (AvgIpc) is 2.25. The normalized spacial score (nSPS) is 26.8. The highest BCUT2D eigenvalue weighted by atomic mass is 16.5. The molecule has 4 nitrogen and oxygen atoms in total. The molecule has 1 aliphatic rings. The molecule has 2 N–H and O–H groups in total. The Morgan fingerprint density at radius 3 is 2.62 bits per heavy atom. The number of ether oxygens (including phenoxy) is 2. The number of rotatable bonds is 1. The largest absolute Gasteiger partial charge is 0.497 e. The highest BCUT2D eigenvalue weighted by Gasteiger charge is 2.42. The van der Waals surface area contributed by atoms with E-state index in [0.717, 1.165) is 0 Å². The Morgan fingerprint density at radius 2 is 2.00 bits per heavy atom. The van der Waals surface area contributed by atoms with Crippen LogP contribution in [0.5, 0.6) is 11.5 Å². The number of benzene rings is 1. The molecule has 88 valence electrons. The van der Waals surface area contributed by atoms with Crippen LogP contribution in [0, 0.1) is 0 Å². The molecule has 0 spiro atoms. The first-order valence-corrected chi connectivity index (χ1v) is 5.19. The van der Waals surface area contributed by atoms with Crippen LogP contribution < -0.4 is 9.47 Å². The molecule has 0 bridgehead atoms. The number of hydrogen-bond donors (Lipinski definition) is 2. The number of aliphatic hydroxyl groups is 2. The van der Waals surface area contributed by atoms with Crippen molar-refractivity contribution in [1.29, 1.82) is 0 Å². The minimum atomic E-state index is -0.952. The van der Waals surface area contributed by atoms with Crippen LogP contribution in [-0.2, 0) is 0 Å². The van der Waals surface area contributed by atoms with Crippen molar-refractivity contribution in [2.75, 3.05) is 7.11 Å². The van der Waals surface area contributed by atoms with Crippen molar-refractivity contribution in [2.24, 2.45) is 0 Å². The lowest BCUT2D eigenvalue weighted by Gasteiger charge is -2.40. The maximum atomic E-state index is 10.00. The monoisotopic (exact) mass is 224 g/mol. The quantitative estimate of drug-likeness (QED) is 0.754. The summed E-state index contributed by atoms with van der Waals surface area (Å²) in [4.78, 5) is 0. The van der Waals surface area contributed by atoms with Gasteiger partial charge in [-0.15, -0.1) is 0 Å². The van der Waals surface area contributed by atoms with Crippen LogP contribution in [0.25, 0.3) is 0 Å². The van der Waals surface area contributed by atoms with Crippen molar-refractivity contribution in [1.82, 2.24) is 0 Å². The second-order valence-corrected chi connectivity index (χ2v) is 4.50. The summed E-state index contributed by atoms with van der Waals surface area (Å²) >= 11 is 0. The van der Waals surface area contributed by atoms with Crippen molar-refractivity contribution in [3.8, 4) is 11.5 Å². The van der Waals surface area contributed by atoms with E-state index >= 15 is 0 Å². The standard InChI is InChI=1S/C12H16O4/c1-12(2)11(14)10(13)8-6-7(15-3)4-5-9(8)16-12/h4-6,10-11,13-14H,1-3H3/t10-,11+/m0/s1. The first kappa shape index (κ1) is 11.2. The predicted molar refractivity (Wildman–Crippen MR) is 58.7 cm³/mol. The minimum Gasteiger partial charge on any atom is -0.497 e. The van der Waals surface area contributed by atoms with Gasteiger partial charge in [-0.3, -0.25) is 0 Å². The van der Waals surface area contributed by atoms with E-state index in [1.165, 1.54) is 0 Å². The van der Waals surface area contributed by atoms with Crippen LogP contribution in [-0.4, -0.2) is 29.0 Å². The molecule has 2 rings (SSSR count). The first-order valence-electron chi connectivity index (χ1n) is 5.19. The van der Waals surface area contributed by atoms with Gasteiger partial charge < -0.3 is 19.7 Å². The van der Waals surface area contributed by atoms with E-state index in [1.54, 1.807) is 39.2 Å². The molecule has 0 saturated carbocycles. The predicted octanol–water partition coefficient (Wildman–Crippen LogP) is 1.26. The Hall–Kier alpha value is -1.26. The minimum absolute atomic E-state index is 0.561. The van der Waals surface area contributed by atoms with E-state index < -0.39 is 17.8 Å². The van der Waals surface area contributed by atoms with E-state index in [2.05, 4.69) is 0 Å². The molecular weight excluding hydrogens is 208 g/mol. The zero-order valence-corrected chi connectivity index (χ0v) is 9.60. The van der Waals surface area contributed by atoms with Crippen LogP contribution >= 0.6 is 0 Å². The highest BCUT2D eigenvalue weighted by molar-refractivity contribution is 5.44. The van der Waals surface area contributed by atoms with Crippen molar-refractivity contribution in [2.45, 2.75) is 31.7 Å². The van der Waals surface area contributed by atoms with Gasteiger partial charge in [0.25, 0.3) is 0 Å². The van der Waals surface area contributed by atoms with E-state index in [1.807, 2.05) is 0 Å². The lowest BCUT2D eigenvalue weighted by Crippen LogP contribution is -2.48. The maximum absolute atomic E-state index is 10.00. The molecule has 0 aromatic heterocycles. The molecule has 1 aliphatic heterocycles. The van der Waals surface area contributed by atoms with E-state index in [0.29, 0.717) is 17.1 Å². The average molecular weight is 224 g/mol. The third-order valence-electron chi connectivity index (χ3n) is 2.92. The fraction of sp³-hybridized carbons (Fsp3) is 0.500. The summed E-state index contributed by atoms with van der Waals surface area (Å²) < 4.78 is 10.7. The van der Waals surface area contributed by atoms with Gasteiger partial charge in [-0.05, 0) is 32.0 Å². The molecule has 0 saturated heterocycles. The first-order chi connectivity index (χ1) is 7.45. The van der Waals surface area contributed by atoms with E-state index in [4.69, 9.17) is 9.47 Å². The van der Waals surface area contributed by atoms with Crippen LogP contribution in [0.15, 0.2) is 18.2 Å². The summed E-state index contributed by atoms with van der Waals surface area (Å²) in [5.74, 6) is 1.22. The summed E-state index contributed by atoms with van der Waals surface area (Å²) in [5.41, 5.74) is -0.229. The Labute approximate surface area is 94.4 Å². The second-order valence-electron chi connectivity index (χ2n) is 4.50. The molecule has 1 aromatic carbocycles. The third-order valence-corrected chi connectivity index (χ3v) is 2.92. The van der Waals surface area contributed by atoms with Crippen molar-refractivity contribution in [3.63, 3.8) is 0 Å². The van der Waals surface area contributed by atoms with Crippen molar-refractivity contribution >= 4 is 0 Å². The van der Waals surface area contributed by atoms with Gasteiger partial charge in [-0.2, -0.15) is 0 Å². The van der Waals surface area contributed by atoms with Gasteiger partial charge in [-0.25, -0.2) is 0 Å². The summed E-state index contributed by atoms with van der Waals surface area (Å²) in [6.45, 7) is 3.49. The fourth-order valence-corrected chi connectivity index (χ4v) is 1.87. The zero-order valence-electron chi connectivity index (χ0n) is 9.60. The summed E-state index contributed by atoms with van der Waals surface area (Å²) in [7, 11) is 1.55. The molecule has 1 heterocycles. The topological polar surface area (TPSA) is 58.9 Å². The summed E-state index contributed by atoms with van der Waals surface area (Å²) in [5, 5.41) is 19.9. The Balaban J connectivity index is 2.47. The van der Waals surface area contributed by atoms with Crippen LogP contribution in [0.3, 0.4) is 0 Å². The number of methoxy groups -OCH3 is 1. The SMILES string of the molecule is COc1ccc2c(c1)[C@H](O)[C@@H](O)C(C)(C)O2. The molecule has 4 heteroatoms. The third kappa shape index (κ3) is 1.64. The van der Waals surface area contributed by atoms with Gasteiger partial charge >= 0.3 is 0 Å². The molecule has 1 aromatic rings. The Morgan fingerprint density at radius 1 is 1.31 bits per heavy atom. The van der Waals surface area contributed by atoms with Gasteiger partial charge in [0.15, 0.2) is 0 Å². The van der Waals surface area contributed by atoms with E-state index in [9.17, 15) is 10.2 Å². The van der Waals surface area contributed by atoms with Gasteiger partial charge in [-0.1, -0.05) is 0 Å². The molecule has 0 aliphatic carbocycles. The van der Waals surface area contributed by atoms with Gasteiger partial charge in [0.2, 0.25) is 0 Å². The molecular formula is C12H16O4. The maximum Gasteiger partial charge on any atom is 0.132 e. The van der Waals surface area contributed by atoms with Crippen molar-refractivity contribution in [3.05, 3.63) is 23.8 Å². The number of hydrogen-bond acceptors (Lipinski definition) is 4. The van der Waals surface area contributed by atoms with Gasteiger partial charge in [0, 0.05) is 5.56 Å². The number of fused-ring (bicyclic) bond motifs is 1. The smallest absolute Gasteiger partial charge is 0.132 e. The van der Waals surface area contributed by atoms with Crippen LogP contribution in [0.4, 0.5) is 0 Å². The lowest BCUT2D eigenvalue weighted by molar-refractivity contribution is -0.111. The fourth-order valence-electron chi connectivity index (χ4n) is 1.87. The Kier molecular flexibility index (Phi) is 2.56. The van der Waals surface area contributed by atoms with E-state index in [-0.39, 0.29) is 0 Å². The molecule has 0 amide bonds. The van der Waals surface area contributed by atoms with Crippen LogP contribution in [0.2, 0.25) is 0 Å². The molecule has 16 heavy (non-hydrogen) atoms. The number of aliphatic hydroxyl groups excluding tert-OH is 2. The zero-order chi connectivity index (χ0) is 11.9. The molecule has 0 fully saturated rings.